The zero-order valence-corrected chi connectivity index (χ0v) is 13.8. The Hall–Kier alpha value is -0.790. The minimum absolute atomic E-state index is 0.0566. The molecule has 5 nitrogen and oxygen atoms in total. The third-order valence-electron chi connectivity index (χ3n) is 2.79. The largest absolute Gasteiger partial charge is 0.505 e. The van der Waals surface area contributed by atoms with E-state index >= 15 is 0 Å². The highest BCUT2D eigenvalue weighted by Gasteiger charge is 2.20. The third kappa shape index (κ3) is 4.96. The molecule has 0 aliphatic carbocycles. The van der Waals surface area contributed by atoms with Crippen LogP contribution in [0.15, 0.2) is 21.5 Å². The summed E-state index contributed by atoms with van der Waals surface area (Å²) in [6, 6.07) is 2.90. The van der Waals surface area contributed by atoms with Crippen LogP contribution in [0.5, 0.6) is 5.75 Å². The molecule has 0 aliphatic heterocycles. The molecule has 0 radical (unpaired) electrons. The number of carboxylic acids is 1. The van der Waals surface area contributed by atoms with Gasteiger partial charge in [0.25, 0.3) is 9.05 Å². The van der Waals surface area contributed by atoms with Crippen molar-refractivity contribution >= 4 is 41.6 Å². The fourth-order valence-electron chi connectivity index (χ4n) is 1.81. The molecule has 0 heterocycles. The number of aromatic hydroxyl groups is 1. The number of halogens is 2. The molecule has 0 aliphatic rings. The zero-order chi connectivity index (χ0) is 15.5. The normalized spacial score (nSPS) is 13.2. The lowest BCUT2D eigenvalue weighted by Gasteiger charge is -2.12. The van der Waals surface area contributed by atoms with Crippen molar-refractivity contribution in [3.05, 3.63) is 22.2 Å². The standard InChI is InChI=1S/C12H14BrClO5S/c1-7(2-3-11(15)16)4-8-5-9(13)12(17)10(6-8)20(14,18)19/h5-7,17H,2-4H2,1H3,(H,15,16). The van der Waals surface area contributed by atoms with Gasteiger partial charge in [-0.15, -0.1) is 0 Å². The van der Waals surface area contributed by atoms with Crippen LogP contribution in [0.3, 0.4) is 0 Å². The van der Waals surface area contributed by atoms with Crippen LogP contribution in [0, 0.1) is 5.92 Å². The molecule has 0 saturated carbocycles. The van der Waals surface area contributed by atoms with Gasteiger partial charge in [0, 0.05) is 17.1 Å². The van der Waals surface area contributed by atoms with Crippen molar-refractivity contribution in [3.63, 3.8) is 0 Å². The first-order valence-electron chi connectivity index (χ1n) is 5.79. The molecule has 1 aromatic carbocycles. The summed E-state index contributed by atoms with van der Waals surface area (Å²) < 4.78 is 23.0. The zero-order valence-electron chi connectivity index (χ0n) is 10.6. The molecule has 2 N–H and O–H groups in total. The van der Waals surface area contributed by atoms with Crippen molar-refractivity contribution in [2.24, 2.45) is 5.92 Å². The maximum atomic E-state index is 11.4. The summed E-state index contributed by atoms with van der Waals surface area (Å²) in [5.41, 5.74) is 0.659. The molecular formula is C12H14BrClO5S. The van der Waals surface area contributed by atoms with Gasteiger partial charge in [0.15, 0.2) is 0 Å². The lowest BCUT2D eigenvalue weighted by Crippen LogP contribution is -2.05. The molecule has 0 spiro atoms. The smallest absolute Gasteiger partial charge is 0.303 e. The van der Waals surface area contributed by atoms with E-state index in [-0.39, 0.29) is 21.7 Å². The summed E-state index contributed by atoms with van der Waals surface area (Å²) in [6.07, 6.45) is 1.03. The highest BCUT2D eigenvalue weighted by Crippen LogP contribution is 2.35. The number of phenolic OH excluding ortho intramolecular Hbond substituents is 1. The van der Waals surface area contributed by atoms with Crippen LogP contribution in [-0.4, -0.2) is 24.6 Å². The van der Waals surface area contributed by atoms with Crippen molar-refractivity contribution < 1.29 is 23.4 Å². The van der Waals surface area contributed by atoms with Crippen LogP contribution in [0.4, 0.5) is 0 Å². The molecule has 0 saturated heterocycles. The minimum Gasteiger partial charge on any atom is -0.505 e. The molecule has 112 valence electrons. The average molecular weight is 386 g/mol. The van der Waals surface area contributed by atoms with Gasteiger partial charge in [0.1, 0.15) is 10.6 Å². The number of carbonyl (C=O) groups is 1. The van der Waals surface area contributed by atoms with E-state index in [1.165, 1.54) is 6.07 Å². The topological polar surface area (TPSA) is 91.7 Å². The van der Waals surface area contributed by atoms with Crippen LogP contribution >= 0.6 is 26.6 Å². The van der Waals surface area contributed by atoms with Crippen molar-refractivity contribution in [1.82, 2.24) is 0 Å². The SMILES string of the molecule is CC(CCC(=O)O)Cc1cc(Br)c(O)c(S(=O)(=O)Cl)c1. The van der Waals surface area contributed by atoms with E-state index < -0.39 is 20.8 Å². The van der Waals surface area contributed by atoms with E-state index in [0.717, 1.165) is 0 Å². The van der Waals surface area contributed by atoms with E-state index in [1.54, 1.807) is 6.07 Å². The van der Waals surface area contributed by atoms with Crippen LogP contribution in [0.25, 0.3) is 0 Å². The number of rotatable bonds is 6. The fourth-order valence-corrected chi connectivity index (χ4v) is 3.43. The van der Waals surface area contributed by atoms with Crippen LogP contribution in [-0.2, 0) is 20.3 Å². The highest BCUT2D eigenvalue weighted by atomic mass is 79.9. The predicted molar refractivity (Wildman–Crippen MR) is 78.6 cm³/mol. The van der Waals surface area contributed by atoms with E-state index in [9.17, 15) is 18.3 Å². The Labute approximate surface area is 130 Å². The molecule has 1 rings (SSSR count). The molecule has 1 atom stereocenters. The monoisotopic (exact) mass is 384 g/mol. The second-order valence-electron chi connectivity index (χ2n) is 4.60. The van der Waals surface area contributed by atoms with Crippen molar-refractivity contribution in [3.8, 4) is 5.75 Å². The maximum Gasteiger partial charge on any atom is 0.303 e. The highest BCUT2D eigenvalue weighted by molar-refractivity contribution is 9.10. The fraction of sp³-hybridized carbons (Fsp3) is 0.417. The number of carboxylic acid groups (broad SMARTS) is 1. The van der Waals surface area contributed by atoms with Gasteiger partial charge in [-0.3, -0.25) is 4.79 Å². The van der Waals surface area contributed by atoms with Crippen LogP contribution < -0.4 is 0 Å². The number of benzene rings is 1. The van der Waals surface area contributed by atoms with Crippen molar-refractivity contribution in [1.29, 1.82) is 0 Å². The summed E-state index contributed by atoms with van der Waals surface area (Å²) in [6.45, 7) is 1.87. The Kier molecular flexibility index (Phi) is 5.85. The number of hydrogen-bond acceptors (Lipinski definition) is 4. The number of aliphatic carboxylic acids is 1. The summed E-state index contributed by atoms with van der Waals surface area (Å²) in [5.74, 6) is -1.23. The number of hydrogen-bond donors (Lipinski definition) is 2. The first-order chi connectivity index (χ1) is 9.11. The minimum atomic E-state index is -4.04. The number of phenols is 1. The molecule has 0 amide bonds. The molecule has 0 bridgehead atoms. The van der Waals surface area contributed by atoms with E-state index in [4.69, 9.17) is 15.8 Å². The lowest BCUT2D eigenvalue weighted by atomic mass is 9.96. The first kappa shape index (κ1) is 17.3. The Morgan fingerprint density at radius 2 is 2.05 bits per heavy atom. The molecule has 1 unspecified atom stereocenters. The van der Waals surface area contributed by atoms with Gasteiger partial charge in [-0.2, -0.15) is 0 Å². The summed E-state index contributed by atoms with van der Waals surface area (Å²) in [4.78, 5) is 10.2. The Balaban J connectivity index is 2.98. The van der Waals surface area contributed by atoms with Gasteiger partial charge in [-0.05, 0) is 52.4 Å². The third-order valence-corrected chi connectivity index (χ3v) is 4.73. The quantitative estimate of drug-likeness (QED) is 0.734. The van der Waals surface area contributed by atoms with Gasteiger partial charge in [-0.1, -0.05) is 6.92 Å². The van der Waals surface area contributed by atoms with Crippen LogP contribution in [0.1, 0.15) is 25.3 Å². The molecular weight excluding hydrogens is 372 g/mol. The molecule has 1 aromatic rings. The first-order valence-corrected chi connectivity index (χ1v) is 8.89. The Morgan fingerprint density at radius 3 is 2.55 bits per heavy atom. The molecule has 8 heteroatoms. The van der Waals surface area contributed by atoms with E-state index in [2.05, 4.69) is 15.9 Å². The van der Waals surface area contributed by atoms with Crippen LogP contribution in [0.2, 0.25) is 0 Å². The Morgan fingerprint density at radius 1 is 1.45 bits per heavy atom. The van der Waals surface area contributed by atoms with Crippen molar-refractivity contribution in [2.75, 3.05) is 0 Å². The van der Waals surface area contributed by atoms with E-state index in [0.29, 0.717) is 18.4 Å². The van der Waals surface area contributed by atoms with Gasteiger partial charge in [-0.25, -0.2) is 8.42 Å². The van der Waals surface area contributed by atoms with Gasteiger partial charge in [0.05, 0.1) is 4.47 Å². The van der Waals surface area contributed by atoms with Gasteiger partial charge < -0.3 is 10.2 Å². The Bertz CT molecular complexity index is 615. The average Bonchev–Trinajstić information content (AvgIpc) is 2.29. The maximum absolute atomic E-state index is 11.4. The summed E-state index contributed by atoms with van der Waals surface area (Å²) in [7, 11) is 1.22. The van der Waals surface area contributed by atoms with Gasteiger partial charge in [0.2, 0.25) is 0 Å². The van der Waals surface area contributed by atoms with Gasteiger partial charge >= 0.3 is 5.97 Å². The van der Waals surface area contributed by atoms with E-state index in [1.807, 2.05) is 6.92 Å². The van der Waals surface area contributed by atoms with Crippen molar-refractivity contribution in [2.45, 2.75) is 31.1 Å². The second kappa shape index (κ2) is 6.78. The predicted octanol–water partition coefficient (Wildman–Crippen LogP) is 3.13. The molecule has 0 fully saturated rings. The molecule has 0 aromatic heterocycles. The summed E-state index contributed by atoms with van der Waals surface area (Å²) >= 11 is 3.07. The second-order valence-corrected chi connectivity index (χ2v) is 7.99. The molecule has 20 heavy (non-hydrogen) atoms. The summed E-state index contributed by atoms with van der Waals surface area (Å²) in [5, 5.41) is 18.3. The lowest BCUT2D eigenvalue weighted by molar-refractivity contribution is -0.137.